The van der Waals surface area contributed by atoms with Crippen molar-refractivity contribution < 1.29 is 13.9 Å². The predicted octanol–water partition coefficient (Wildman–Crippen LogP) is 3.75. The fraction of sp³-hybridized carbons (Fsp3) is 0.350. The van der Waals surface area contributed by atoms with Gasteiger partial charge in [0.15, 0.2) is 0 Å². The molecule has 6 heteroatoms. The molecule has 0 amide bonds. The van der Waals surface area contributed by atoms with Gasteiger partial charge in [0, 0.05) is 24.8 Å². The molecule has 3 rings (SSSR count). The number of aromatic nitrogens is 2. The Balaban J connectivity index is 1.74. The van der Waals surface area contributed by atoms with E-state index >= 15 is 0 Å². The van der Waals surface area contributed by atoms with Gasteiger partial charge in [-0.05, 0) is 36.4 Å². The summed E-state index contributed by atoms with van der Waals surface area (Å²) in [6, 6.07) is 16.3. The zero-order chi connectivity index (χ0) is 18.2. The van der Waals surface area contributed by atoms with E-state index < -0.39 is 6.67 Å². The molecule has 0 saturated carbocycles. The number of nitrogens with zero attached hydrogens (tertiary/aromatic N) is 2. The van der Waals surface area contributed by atoms with Crippen LogP contribution in [0.25, 0.3) is 22.4 Å². The number of hydrogen-bond donors (Lipinski definition) is 1. The summed E-state index contributed by atoms with van der Waals surface area (Å²) >= 11 is 0. The van der Waals surface area contributed by atoms with Crippen LogP contribution in [0.15, 0.2) is 48.5 Å². The fourth-order valence-electron chi connectivity index (χ4n) is 2.84. The van der Waals surface area contributed by atoms with Crippen LogP contribution in [0.1, 0.15) is 0 Å². The summed E-state index contributed by atoms with van der Waals surface area (Å²) in [7, 11) is 1.90. The normalized spacial score (nSPS) is 11.2. The average Bonchev–Trinajstić information content (AvgIpc) is 3.06. The minimum absolute atomic E-state index is 0.127. The molecule has 1 aromatic heterocycles. The van der Waals surface area contributed by atoms with Gasteiger partial charge in [0.25, 0.3) is 0 Å². The zero-order valence-electron chi connectivity index (χ0n) is 15.0. The third-order valence-corrected chi connectivity index (χ3v) is 4.14. The van der Waals surface area contributed by atoms with Crippen molar-refractivity contribution in [3.05, 3.63) is 48.5 Å². The number of ether oxygens (including phenoxy) is 2. The maximum absolute atomic E-state index is 12.0. The Labute approximate surface area is 152 Å². The molecule has 2 aromatic carbocycles. The molecule has 0 atom stereocenters. The lowest BCUT2D eigenvalue weighted by molar-refractivity contribution is 0.0405. The van der Waals surface area contributed by atoms with Crippen LogP contribution in [-0.4, -0.2) is 49.7 Å². The second kappa shape index (κ2) is 9.31. The van der Waals surface area contributed by atoms with E-state index in [4.69, 9.17) is 14.5 Å². The van der Waals surface area contributed by atoms with Crippen molar-refractivity contribution in [3.63, 3.8) is 0 Å². The highest BCUT2D eigenvalue weighted by Gasteiger charge is 2.12. The maximum atomic E-state index is 12.0. The molecule has 26 heavy (non-hydrogen) atoms. The van der Waals surface area contributed by atoms with E-state index in [-0.39, 0.29) is 6.61 Å². The first-order valence-corrected chi connectivity index (χ1v) is 8.78. The minimum atomic E-state index is -0.462. The number of anilines is 1. The van der Waals surface area contributed by atoms with E-state index in [1.165, 1.54) is 0 Å². The number of imidazole rings is 1. The highest BCUT2D eigenvalue weighted by atomic mass is 19.1. The van der Waals surface area contributed by atoms with E-state index in [1.807, 2.05) is 37.4 Å². The van der Waals surface area contributed by atoms with Crippen molar-refractivity contribution in [1.82, 2.24) is 9.55 Å². The minimum Gasteiger partial charge on any atom is -0.388 e. The number of halogens is 1. The summed E-state index contributed by atoms with van der Waals surface area (Å²) < 4.78 is 24.9. The second-order valence-electron chi connectivity index (χ2n) is 5.82. The van der Waals surface area contributed by atoms with Gasteiger partial charge in [0.2, 0.25) is 0 Å². The fourth-order valence-corrected chi connectivity index (χ4v) is 2.84. The monoisotopic (exact) mass is 357 g/mol. The Morgan fingerprint density at radius 1 is 0.962 bits per heavy atom. The van der Waals surface area contributed by atoms with Crippen LogP contribution in [0.3, 0.4) is 0 Å². The van der Waals surface area contributed by atoms with Crippen LogP contribution >= 0.6 is 0 Å². The third-order valence-electron chi connectivity index (χ3n) is 4.14. The Morgan fingerprint density at radius 3 is 2.42 bits per heavy atom. The molecule has 0 unspecified atom stereocenters. The van der Waals surface area contributed by atoms with Gasteiger partial charge in [-0.1, -0.05) is 12.1 Å². The Kier molecular flexibility index (Phi) is 6.57. The lowest BCUT2D eigenvalue weighted by atomic mass is 10.2. The van der Waals surface area contributed by atoms with Gasteiger partial charge >= 0.3 is 0 Å². The van der Waals surface area contributed by atoms with E-state index in [0.717, 1.165) is 28.1 Å². The molecule has 0 saturated heterocycles. The quantitative estimate of drug-likeness (QED) is 0.562. The van der Waals surface area contributed by atoms with Crippen LogP contribution in [0.2, 0.25) is 0 Å². The van der Waals surface area contributed by atoms with Crippen molar-refractivity contribution in [2.75, 3.05) is 45.5 Å². The largest absolute Gasteiger partial charge is 0.388 e. The lowest BCUT2D eigenvalue weighted by Crippen LogP contribution is -2.11. The van der Waals surface area contributed by atoms with E-state index in [0.29, 0.717) is 26.4 Å². The number of hydrogen-bond acceptors (Lipinski definition) is 4. The summed E-state index contributed by atoms with van der Waals surface area (Å²) in [5, 5.41) is 3.13. The molecule has 1 heterocycles. The summed E-state index contributed by atoms with van der Waals surface area (Å²) in [4.78, 5) is 4.80. The van der Waals surface area contributed by atoms with Crippen LogP contribution in [0, 0.1) is 0 Å². The molecule has 0 aliphatic carbocycles. The van der Waals surface area contributed by atoms with Gasteiger partial charge in [0.1, 0.15) is 12.5 Å². The summed E-state index contributed by atoms with van der Waals surface area (Å²) in [6.45, 7) is 1.76. The van der Waals surface area contributed by atoms with E-state index in [1.54, 1.807) is 0 Å². The molecule has 0 bridgehead atoms. The Hall–Kier alpha value is -2.44. The molecule has 0 spiro atoms. The van der Waals surface area contributed by atoms with Gasteiger partial charge in [0.05, 0.1) is 37.5 Å². The van der Waals surface area contributed by atoms with Crippen LogP contribution in [0.5, 0.6) is 0 Å². The molecule has 5 nitrogen and oxygen atoms in total. The molecule has 0 radical (unpaired) electrons. The van der Waals surface area contributed by atoms with Crippen molar-refractivity contribution in [2.24, 2.45) is 0 Å². The van der Waals surface area contributed by atoms with Crippen molar-refractivity contribution in [3.8, 4) is 11.4 Å². The van der Waals surface area contributed by atoms with E-state index in [9.17, 15) is 4.39 Å². The number of nitrogens with one attached hydrogen (secondary N) is 1. The van der Waals surface area contributed by atoms with Crippen molar-refractivity contribution in [2.45, 2.75) is 6.54 Å². The van der Waals surface area contributed by atoms with Gasteiger partial charge < -0.3 is 19.4 Å². The van der Waals surface area contributed by atoms with Gasteiger partial charge in [-0.25, -0.2) is 9.37 Å². The standard InChI is InChI=1S/C20H24FN3O2/c1-22-17-8-6-16(7-9-17)20-23-18-4-2-3-5-19(18)24(20)11-13-26-15-14-25-12-10-21/h2-9,22H,10-15H2,1H3. The zero-order valence-corrected chi connectivity index (χ0v) is 15.0. The molecule has 3 aromatic rings. The first-order valence-electron chi connectivity index (χ1n) is 8.78. The average molecular weight is 357 g/mol. The predicted molar refractivity (Wildman–Crippen MR) is 102 cm³/mol. The van der Waals surface area contributed by atoms with E-state index in [2.05, 4.69) is 28.1 Å². The summed E-state index contributed by atoms with van der Waals surface area (Å²) in [5.41, 5.74) is 4.17. The Bertz CT molecular complexity index is 818. The topological polar surface area (TPSA) is 48.3 Å². The highest BCUT2D eigenvalue weighted by molar-refractivity contribution is 5.80. The van der Waals surface area contributed by atoms with Gasteiger partial charge in [-0.15, -0.1) is 0 Å². The molecular weight excluding hydrogens is 333 g/mol. The molecule has 0 aliphatic rings. The molecular formula is C20H24FN3O2. The number of rotatable bonds is 10. The molecule has 1 N–H and O–H groups in total. The molecule has 138 valence electrons. The SMILES string of the molecule is CNc1ccc(-c2nc3ccccc3n2CCOCCOCCF)cc1. The first-order chi connectivity index (χ1) is 12.8. The van der Waals surface area contributed by atoms with Gasteiger partial charge in [-0.3, -0.25) is 0 Å². The van der Waals surface area contributed by atoms with Crippen LogP contribution < -0.4 is 5.32 Å². The second-order valence-corrected chi connectivity index (χ2v) is 5.82. The van der Waals surface area contributed by atoms with Crippen molar-refractivity contribution in [1.29, 1.82) is 0 Å². The number of fused-ring (bicyclic) bond motifs is 1. The summed E-state index contributed by atoms with van der Waals surface area (Å²) in [5.74, 6) is 0.922. The third kappa shape index (κ3) is 4.39. The van der Waals surface area contributed by atoms with Gasteiger partial charge in [-0.2, -0.15) is 0 Å². The first kappa shape index (κ1) is 18.4. The molecule has 0 fully saturated rings. The number of alkyl halides is 1. The number of para-hydroxylation sites is 2. The number of benzene rings is 2. The smallest absolute Gasteiger partial charge is 0.141 e. The summed E-state index contributed by atoms with van der Waals surface area (Å²) in [6.07, 6.45) is 0. The molecule has 0 aliphatic heterocycles. The van der Waals surface area contributed by atoms with Crippen LogP contribution in [0.4, 0.5) is 10.1 Å². The van der Waals surface area contributed by atoms with Crippen LogP contribution in [-0.2, 0) is 16.0 Å². The highest BCUT2D eigenvalue weighted by Crippen LogP contribution is 2.25. The lowest BCUT2D eigenvalue weighted by Gasteiger charge is -2.11. The van der Waals surface area contributed by atoms with Crippen molar-refractivity contribution >= 4 is 16.7 Å². The maximum Gasteiger partial charge on any atom is 0.141 e. The Morgan fingerprint density at radius 2 is 1.69 bits per heavy atom.